The van der Waals surface area contributed by atoms with Gasteiger partial charge in [0.25, 0.3) is 0 Å². The topological polar surface area (TPSA) is 26.0 Å². The predicted octanol–water partition coefficient (Wildman–Crippen LogP) is 4.53. The van der Waals surface area contributed by atoms with Gasteiger partial charge in [-0.1, -0.05) is 38.1 Å². The second-order valence-corrected chi connectivity index (χ2v) is 5.16. The lowest BCUT2D eigenvalue weighted by Crippen LogP contribution is -2.12. The Hall–Kier alpha value is -1.74. The summed E-state index contributed by atoms with van der Waals surface area (Å²) < 4.78 is 26.4. The van der Waals surface area contributed by atoms with Crippen LogP contribution in [0, 0.1) is 11.6 Å². The van der Waals surface area contributed by atoms with E-state index in [2.05, 4.69) is 13.8 Å². The number of nitrogens with two attached hydrogens (primary N) is 1. The highest BCUT2D eigenvalue weighted by Gasteiger charge is 2.12. The molecule has 0 bridgehead atoms. The Morgan fingerprint density at radius 2 is 1.40 bits per heavy atom. The van der Waals surface area contributed by atoms with E-state index in [1.807, 2.05) is 24.3 Å². The SMILES string of the molecule is CCC(C)c1ccc(C(N)c2cc(F)cc(F)c2)cc1. The molecule has 2 unspecified atom stereocenters. The number of hydrogen-bond donors (Lipinski definition) is 1. The van der Waals surface area contributed by atoms with Crippen molar-refractivity contribution in [2.75, 3.05) is 0 Å². The monoisotopic (exact) mass is 275 g/mol. The fraction of sp³-hybridized carbons (Fsp3) is 0.294. The number of hydrogen-bond acceptors (Lipinski definition) is 1. The molecule has 2 atom stereocenters. The van der Waals surface area contributed by atoms with Crippen molar-refractivity contribution in [1.29, 1.82) is 0 Å². The zero-order chi connectivity index (χ0) is 14.7. The van der Waals surface area contributed by atoms with Gasteiger partial charge < -0.3 is 5.73 Å². The number of rotatable bonds is 4. The summed E-state index contributed by atoms with van der Waals surface area (Å²) in [6.45, 7) is 4.30. The van der Waals surface area contributed by atoms with Crippen molar-refractivity contribution in [3.63, 3.8) is 0 Å². The van der Waals surface area contributed by atoms with Crippen molar-refractivity contribution in [3.8, 4) is 0 Å². The minimum absolute atomic E-state index is 0.443. The van der Waals surface area contributed by atoms with Gasteiger partial charge in [0.05, 0.1) is 6.04 Å². The van der Waals surface area contributed by atoms with E-state index in [9.17, 15) is 8.78 Å². The minimum atomic E-state index is -0.605. The van der Waals surface area contributed by atoms with E-state index >= 15 is 0 Å². The van der Waals surface area contributed by atoms with E-state index in [0.717, 1.165) is 18.1 Å². The van der Waals surface area contributed by atoms with Gasteiger partial charge in [-0.15, -0.1) is 0 Å². The Kier molecular flexibility index (Phi) is 4.50. The lowest BCUT2D eigenvalue weighted by Gasteiger charge is -2.15. The van der Waals surface area contributed by atoms with Crippen molar-refractivity contribution >= 4 is 0 Å². The zero-order valence-corrected chi connectivity index (χ0v) is 11.7. The first-order chi connectivity index (χ1) is 9.51. The number of benzene rings is 2. The molecule has 1 nitrogen and oxygen atoms in total. The summed E-state index contributed by atoms with van der Waals surface area (Å²) >= 11 is 0. The maximum absolute atomic E-state index is 13.2. The number of halogens is 2. The van der Waals surface area contributed by atoms with Crippen LogP contribution in [0.2, 0.25) is 0 Å². The summed E-state index contributed by atoms with van der Waals surface area (Å²) in [6, 6.07) is 10.8. The fourth-order valence-corrected chi connectivity index (χ4v) is 2.21. The third kappa shape index (κ3) is 3.23. The molecule has 0 amide bonds. The first-order valence-corrected chi connectivity index (χ1v) is 6.82. The second kappa shape index (κ2) is 6.14. The average Bonchev–Trinajstić information content (AvgIpc) is 2.45. The zero-order valence-electron chi connectivity index (χ0n) is 11.7. The van der Waals surface area contributed by atoms with E-state index < -0.39 is 17.7 Å². The summed E-state index contributed by atoms with van der Waals surface area (Å²) in [5.74, 6) is -0.717. The Bertz CT molecular complexity index is 558. The van der Waals surface area contributed by atoms with Crippen molar-refractivity contribution in [2.45, 2.75) is 32.2 Å². The molecule has 0 saturated carbocycles. The molecule has 3 heteroatoms. The van der Waals surface area contributed by atoms with Crippen LogP contribution >= 0.6 is 0 Å². The molecule has 0 spiro atoms. The van der Waals surface area contributed by atoms with Gasteiger partial charge in [0, 0.05) is 6.07 Å². The van der Waals surface area contributed by atoms with Crippen LogP contribution in [0.1, 0.15) is 48.9 Å². The van der Waals surface area contributed by atoms with E-state index in [-0.39, 0.29) is 0 Å². The summed E-state index contributed by atoms with van der Waals surface area (Å²) in [5, 5.41) is 0. The lowest BCUT2D eigenvalue weighted by atomic mass is 9.94. The van der Waals surface area contributed by atoms with E-state index in [1.54, 1.807) is 0 Å². The van der Waals surface area contributed by atoms with Crippen LogP contribution in [0.5, 0.6) is 0 Å². The van der Waals surface area contributed by atoms with Gasteiger partial charge in [0.1, 0.15) is 11.6 Å². The fourth-order valence-electron chi connectivity index (χ4n) is 2.21. The molecule has 20 heavy (non-hydrogen) atoms. The maximum atomic E-state index is 13.2. The molecule has 106 valence electrons. The minimum Gasteiger partial charge on any atom is -0.320 e. The molecule has 0 aliphatic rings. The normalized spacial score (nSPS) is 14.1. The summed E-state index contributed by atoms with van der Waals surface area (Å²) in [7, 11) is 0. The average molecular weight is 275 g/mol. The lowest BCUT2D eigenvalue weighted by molar-refractivity contribution is 0.577. The summed E-state index contributed by atoms with van der Waals surface area (Å²) in [6.07, 6.45) is 1.07. The highest BCUT2D eigenvalue weighted by molar-refractivity contribution is 5.34. The molecule has 2 rings (SSSR count). The Morgan fingerprint density at radius 3 is 1.90 bits per heavy atom. The van der Waals surface area contributed by atoms with E-state index in [0.29, 0.717) is 11.5 Å². The van der Waals surface area contributed by atoms with Crippen LogP contribution in [-0.2, 0) is 0 Å². The Labute approximate surface area is 118 Å². The van der Waals surface area contributed by atoms with Crippen LogP contribution in [0.3, 0.4) is 0 Å². The second-order valence-electron chi connectivity index (χ2n) is 5.16. The Morgan fingerprint density at radius 1 is 0.900 bits per heavy atom. The van der Waals surface area contributed by atoms with Gasteiger partial charge in [0.2, 0.25) is 0 Å². The van der Waals surface area contributed by atoms with E-state index in [4.69, 9.17) is 5.73 Å². The first kappa shape index (κ1) is 14.7. The molecule has 2 N–H and O–H groups in total. The van der Waals surface area contributed by atoms with Gasteiger partial charge in [-0.3, -0.25) is 0 Å². The maximum Gasteiger partial charge on any atom is 0.126 e. The molecule has 0 heterocycles. The van der Waals surface area contributed by atoms with Gasteiger partial charge in [0.15, 0.2) is 0 Å². The Balaban J connectivity index is 2.26. The highest BCUT2D eigenvalue weighted by Crippen LogP contribution is 2.24. The van der Waals surface area contributed by atoms with Gasteiger partial charge in [-0.05, 0) is 41.2 Å². The molecule has 2 aromatic carbocycles. The molecular weight excluding hydrogens is 256 g/mol. The van der Waals surface area contributed by atoms with Crippen LogP contribution in [0.4, 0.5) is 8.78 Å². The van der Waals surface area contributed by atoms with Crippen molar-refractivity contribution in [2.24, 2.45) is 5.73 Å². The first-order valence-electron chi connectivity index (χ1n) is 6.82. The summed E-state index contributed by atoms with van der Waals surface area (Å²) in [4.78, 5) is 0. The molecule has 0 aliphatic carbocycles. The smallest absolute Gasteiger partial charge is 0.126 e. The van der Waals surface area contributed by atoms with E-state index in [1.165, 1.54) is 17.7 Å². The van der Waals surface area contributed by atoms with Crippen molar-refractivity contribution in [1.82, 2.24) is 0 Å². The van der Waals surface area contributed by atoms with Crippen LogP contribution in [-0.4, -0.2) is 0 Å². The van der Waals surface area contributed by atoms with Gasteiger partial charge in [-0.25, -0.2) is 8.78 Å². The van der Waals surface area contributed by atoms with Crippen LogP contribution in [0.15, 0.2) is 42.5 Å². The quantitative estimate of drug-likeness (QED) is 0.871. The molecular formula is C17H19F2N. The van der Waals surface area contributed by atoms with Crippen molar-refractivity contribution in [3.05, 3.63) is 70.8 Å². The van der Waals surface area contributed by atoms with Gasteiger partial charge in [-0.2, -0.15) is 0 Å². The molecule has 0 aliphatic heterocycles. The van der Waals surface area contributed by atoms with Crippen LogP contribution < -0.4 is 5.73 Å². The largest absolute Gasteiger partial charge is 0.320 e. The van der Waals surface area contributed by atoms with Crippen molar-refractivity contribution < 1.29 is 8.78 Å². The molecule has 0 radical (unpaired) electrons. The summed E-state index contributed by atoms with van der Waals surface area (Å²) in [5.41, 5.74) is 8.62. The molecule has 2 aromatic rings. The predicted molar refractivity (Wildman–Crippen MR) is 77.5 cm³/mol. The molecule has 0 saturated heterocycles. The molecule has 0 aromatic heterocycles. The highest BCUT2D eigenvalue weighted by atomic mass is 19.1. The standard InChI is InChI=1S/C17H19F2N/c1-3-11(2)12-4-6-13(7-5-12)17(20)14-8-15(18)10-16(19)9-14/h4-11,17H,3,20H2,1-2H3. The third-order valence-corrected chi connectivity index (χ3v) is 3.72. The van der Waals surface area contributed by atoms with Gasteiger partial charge >= 0.3 is 0 Å². The molecule has 0 fully saturated rings. The third-order valence-electron chi connectivity index (χ3n) is 3.72. The van der Waals surface area contributed by atoms with Crippen LogP contribution in [0.25, 0.3) is 0 Å².